The van der Waals surface area contributed by atoms with Crippen molar-refractivity contribution in [3.05, 3.63) is 30.0 Å². The highest BCUT2D eigenvalue weighted by Crippen LogP contribution is 2.26. The summed E-state index contributed by atoms with van der Waals surface area (Å²) < 4.78 is 11.6. The molecule has 2 rings (SSSR count). The summed E-state index contributed by atoms with van der Waals surface area (Å²) in [5.74, 6) is -0.0304. The highest BCUT2D eigenvalue weighted by Gasteiger charge is 2.15. The van der Waals surface area contributed by atoms with E-state index < -0.39 is 5.97 Å². The highest BCUT2D eigenvalue weighted by atomic mass is 16.5. The number of carbonyl (C=O) groups is 1. The Balaban J connectivity index is 2.25. The number of esters is 1. The van der Waals surface area contributed by atoms with E-state index >= 15 is 0 Å². The molecule has 0 saturated carbocycles. The summed E-state index contributed by atoms with van der Waals surface area (Å²) in [7, 11) is 2.81. The molecule has 0 radical (unpaired) electrons. The molecule has 0 fully saturated rings. The molecule has 0 aliphatic carbocycles. The average Bonchev–Trinajstić information content (AvgIpc) is 3.02. The summed E-state index contributed by atoms with van der Waals surface area (Å²) in [6.45, 7) is 0.626. The number of ether oxygens (including phenoxy) is 2. The first-order valence-corrected chi connectivity index (χ1v) is 6.73. The molecule has 0 spiro atoms. The van der Waals surface area contributed by atoms with Crippen molar-refractivity contribution in [2.75, 3.05) is 14.2 Å². The Hall–Kier alpha value is -2.88. The standard InChI is InChI=1S/C15H16N4O3/c1-21-14-6-5-11(9-12(14)15(20)22-2)13-10-19(18-17-13)8-4-3-7-16/h5-6,9-10H,3-4,8H2,1-2H3. The van der Waals surface area contributed by atoms with Crippen molar-refractivity contribution < 1.29 is 14.3 Å². The van der Waals surface area contributed by atoms with Crippen LogP contribution in [0.15, 0.2) is 24.4 Å². The lowest BCUT2D eigenvalue weighted by Gasteiger charge is -2.07. The molecule has 0 aliphatic heterocycles. The van der Waals surface area contributed by atoms with E-state index in [2.05, 4.69) is 16.4 Å². The van der Waals surface area contributed by atoms with Crippen LogP contribution in [0.25, 0.3) is 11.3 Å². The van der Waals surface area contributed by atoms with E-state index in [0.717, 1.165) is 12.0 Å². The van der Waals surface area contributed by atoms with Crippen molar-refractivity contribution in [1.29, 1.82) is 5.26 Å². The molecule has 1 aromatic carbocycles. The van der Waals surface area contributed by atoms with E-state index in [4.69, 9.17) is 14.7 Å². The Morgan fingerprint density at radius 2 is 2.23 bits per heavy atom. The molecule has 22 heavy (non-hydrogen) atoms. The third kappa shape index (κ3) is 3.41. The van der Waals surface area contributed by atoms with Crippen molar-refractivity contribution in [1.82, 2.24) is 15.0 Å². The lowest BCUT2D eigenvalue weighted by molar-refractivity contribution is 0.0597. The highest BCUT2D eigenvalue weighted by molar-refractivity contribution is 5.93. The number of nitrogens with zero attached hydrogens (tertiary/aromatic N) is 4. The topological polar surface area (TPSA) is 90.0 Å². The van der Waals surface area contributed by atoms with Crippen LogP contribution < -0.4 is 4.74 Å². The number of rotatable bonds is 6. The Labute approximate surface area is 128 Å². The normalized spacial score (nSPS) is 10.0. The second-order valence-electron chi connectivity index (χ2n) is 4.54. The molecule has 7 nitrogen and oxygen atoms in total. The molecule has 0 aliphatic rings. The van der Waals surface area contributed by atoms with Gasteiger partial charge < -0.3 is 9.47 Å². The van der Waals surface area contributed by atoms with Crippen LogP contribution >= 0.6 is 0 Å². The van der Waals surface area contributed by atoms with Crippen LogP contribution in [0.1, 0.15) is 23.2 Å². The molecule has 2 aromatic rings. The molecule has 0 amide bonds. The molecule has 1 heterocycles. The lowest BCUT2D eigenvalue weighted by Crippen LogP contribution is -2.04. The molecule has 0 unspecified atom stereocenters. The fraction of sp³-hybridized carbons (Fsp3) is 0.333. The zero-order valence-corrected chi connectivity index (χ0v) is 12.4. The predicted octanol–water partition coefficient (Wildman–Crippen LogP) is 2.04. The number of aromatic nitrogens is 3. The van der Waals surface area contributed by atoms with Crippen LogP contribution in [-0.2, 0) is 11.3 Å². The van der Waals surface area contributed by atoms with E-state index in [1.165, 1.54) is 14.2 Å². The smallest absolute Gasteiger partial charge is 0.341 e. The number of benzene rings is 1. The summed E-state index contributed by atoms with van der Waals surface area (Å²) in [5, 5.41) is 16.6. The minimum absolute atomic E-state index is 0.335. The molecule has 114 valence electrons. The lowest BCUT2D eigenvalue weighted by atomic mass is 10.1. The van der Waals surface area contributed by atoms with Gasteiger partial charge in [0, 0.05) is 18.5 Å². The van der Waals surface area contributed by atoms with E-state index in [1.54, 1.807) is 29.1 Å². The summed E-state index contributed by atoms with van der Waals surface area (Å²) in [4.78, 5) is 11.8. The van der Waals surface area contributed by atoms with E-state index in [9.17, 15) is 4.79 Å². The number of hydrogen-bond acceptors (Lipinski definition) is 6. The largest absolute Gasteiger partial charge is 0.496 e. The van der Waals surface area contributed by atoms with Crippen LogP contribution in [0, 0.1) is 11.3 Å². The van der Waals surface area contributed by atoms with Crippen molar-refractivity contribution >= 4 is 5.97 Å². The molecule has 7 heteroatoms. The Morgan fingerprint density at radius 1 is 1.41 bits per heavy atom. The van der Waals surface area contributed by atoms with Gasteiger partial charge in [-0.3, -0.25) is 4.68 Å². The Bertz CT molecular complexity index is 703. The maximum atomic E-state index is 11.8. The molecular formula is C15H16N4O3. The summed E-state index contributed by atoms with van der Waals surface area (Å²) >= 11 is 0. The maximum Gasteiger partial charge on any atom is 0.341 e. The van der Waals surface area contributed by atoms with E-state index in [1.807, 2.05) is 0 Å². The first kappa shape index (κ1) is 15.5. The van der Waals surface area contributed by atoms with Gasteiger partial charge >= 0.3 is 5.97 Å². The SMILES string of the molecule is COC(=O)c1cc(-c2cn(CCCC#N)nn2)ccc1OC. The first-order valence-electron chi connectivity index (χ1n) is 6.73. The van der Waals surface area contributed by atoms with Gasteiger partial charge in [-0.25, -0.2) is 4.79 Å². The fourth-order valence-electron chi connectivity index (χ4n) is 2.00. The van der Waals surface area contributed by atoms with Gasteiger partial charge in [0.05, 0.1) is 26.5 Å². The van der Waals surface area contributed by atoms with Crippen LogP contribution in [0.2, 0.25) is 0 Å². The monoisotopic (exact) mass is 300 g/mol. The van der Waals surface area contributed by atoms with Gasteiger partial charge in [-0.05, 0) is 24.6 Å². The van der Waals surface area contributed by atoms with E-state index in [0.29, 0.717) is 30.0 Å². The van der Waals surface area contributed by atoms with Gasteiger partial charge in [0.1, 0.15) is 17.0 Å². The first-order chi connectivity index (χ1) is 10.7. The minimum atomic E-state index is -0.472. The number of hydrogen-bond donors (Lipinski definition) is 0. The van der Waals surface area contributed by atoms with Crippen molar-refractivity contribution in [2.24, 2.45) is 0 Å². The van der Waals surface area contributed by atoms with Crippen molar-refractivity contribution in [3.8, 4) is 23.1 Å². The van der Waals surface area contributed by atoms with Crippen LogP contribution in [0.5, 0.6) is 5.75 Å². The molecular weight excluding hydrogens is 284 g/mol. The van der Waals surface area contributed by atoms with Gasteiger partial charge in [-0.2, -0.15) is 5.26 Å². The second-order valence-corrected chi connectivity index (χ2v) is 4.54. The Kier molecular flexibility index (Phi) is 5.09. The minimum Gasteiger partial charge on any atom is -0.496 e. The van der Waals surface area contributed by atoms with Crippen LogP contribution in [-0.4, -0.2) is 35.2 Å². The Morgan fingerprint density at radius 3 is 2.91 bits per heavy atom. The van der Waals surface area contributed by atoms with Gasteiger partial charge in [-0.1, -0.05) is 5.21 Å². The van der Waals surface area contributed by atoms with Gasteiger partial charge in [0.25, 0.3) is 0 Å². The average molecular weight is 300 g/mol. The molecule has 0 bridgehead atoms. The molecule has 0 saturated heterocycles. The number of methoxy groups -OCH3 is 2. The van der Waals surface area contributed by atoms with Crippen LogP contribution in [0.4, 0.5) is 0 Å². The zero-order valence-electron chi connectivity index (χ0n) is 12.4. The number of carbonyl (C=O) groups excluding carboxylic acids is 1. The third-order valence-corrected chi connectivity index (χ3v) is 3.11. The summed E-state index contributed by atoms with van der Waals surface area (Å²) in [6, 6.07) is 7.24. The number of nitriles is 1. The second kappa shape index (κ2) is 7.22. The molecule has 0 N–H and O–H groups in total. The number of unbranched alkanes of at least 4 members (excludes halogenated alkanes) is 1. The van der Waals surface area contributed by atoms with Crippen molar-refractivity contribution in [2.45, 2.75) is 19.4 Å². The van der Waals surface area contributed by atoms with Crippen LogP contribution in [0.3, 0.4) is 0 Å². The zero-order chi connectivity index (χ0) is 15.9. The van der Waals surface area contributed by atoms with Gasteiger partial charge in [-0.15, -0.1) is 5.10 Å². The summed E-state index contributed by atoms with van der Waals surface area (Å²) in [5.41, 5.74) is 1.72. The maximum absolute atomic E-state index is 11.8. The quantitative estimate of drug-likeness (QED) is 0.599. The van der Waals surface area contributed by atoms with Gasteiger partial charge in [0.2, 0.25) is 0 Å². The van der Waals surface area contributed by atoms with E-state index in [-0.39, 0.29) is 0 Å². The van der Waals surface area contributed by atoms with Gasteiger partial charge in [0.15, 0.2) is 0 Å². The van der Waals surface area contributed by atoms with Crippen molar-refractivity contribution in [3.63, 3.8) is 0 Å². The fourth-order valence-corrected chi connectivity index (χ4v) is 2.00. The third-order valence-electron chi connectivity index (χ3n) is 3.11. The summed E-state index contributed by atoms with van der Waals surface area (Å²) in [6.07, 6.45) is 2.97. The predicted molar refractivity (Wildman–Crippen MR) is 78.2 cm³/mol. The molecule has 0 atom stereocenters. The molecule has 1 aromatic heterocycles. The number of aryl methyl sites for hydroxylation is 1.